The molecule has 1 aliphatic carbocycles. The van der Waals surface area contributed by atoms with E-state index in [4.69, 9.17) is 4.74 Å². The SMILES string of the molecule is CN(C(=O)C1COC1)[C@H](c1ccc([C@H]2CC(C)(C)c3c2cnc2cc(F)nn32)cc1)C(F)(F)F. The maximum Gasteiger partial charge on any atom is 0.413 e. The molecular weight excluding hydrogens is 452 g/mol. The fourth-order valence-corrected chi connectivity index (χ4v) is 5.20. The lowest BCUT2D eigenvalue weighted by Crippen LogP contribution is -2.47. The van der Waals surface area contributed by atoms with Gasteiger partial charge in [0.2, 0.25) is 11.9 Å². The summed E-state index contributed by atoms with van der Waals surface area (Å²) in [5.41, 5.74) is 2.61. The van der Waals surface area contributed by atoms with Crippen LogP contribution < -0.4 is 0 Å². The summed E-state index contributed by atoms with van der Waals surface area (Å²) in [4.78, 5) is 17.6. The number of hydrogen-bond donors (Lipinski definition) is 0. The lowest BCUT2D eigenvalue weighted by atomic mass is 9.86. The van der Waals surface area contributed by atoms with Gasteiger partial charge in [-0.3, -0.25) is 4.79 Å². The zero-order chi connectivity index (χ0) is 24.4. The van der Waals surface area contributed by atoms with Gasteiger partial charge in [0.15, 0.2) is 11.7 Å². The molecule has 2 aliphatic rings. The Kier molecular flexibility index (Phi) is 5.20. The molecule has 1 aliphatic heterocycles. The van der Waals surface area contributed by atoms with Crippen molar-refractivity contribution in [3.8, 4) is 0 Å². The van der Waals surface area contributed by atoms with Crippen LogP contribution in [0, 0.1) is 11.9 Å². The number of nitrogens with zero attached hydrogens (tertiary/aromatic N) is 4. The number of aromatic nitrogens is 3. The number of fused-ring (bicyclic) bond motifs is 3. The number of amides is 1. The molecule has 2 atom stereocenters. The van der Waals surface area contributed by atoms with Crippen LogP contribution >= 0.6 is 0 Å². The Morgan fingerprint density at radius 3 is 2.50 bits per heavy atom. The molecule has 1 amide bonds. The summed E-state index contributed by atoms with van der Waals surface area (Å²) in [6.07, 6.45) is -2.25. The van der Waals surface area contributed by atoms with Gasteiger partial charge < -0.3 is 9.64 Å². The maximum absolute atomic E-state index is 14.0. The number of carbonyl (C=O) groups excluding carboxylic acids is 1. The Hall–Kier alpha value is -3.01. The van der Waals surface area contributed by atoms with Crippen LogP contribution in [0.1, 0.15) is 54.6 Å². The van der Waals surface area contributed by atoms with Gasteiger partial charge in [0.25, 0.3) is 0 Å². The third kappa shape index (κ3) is 3.64. The minimum absolute atomic E-state index is 0.00690. The van der Waals surface area contributed by atoms with Gasteiger partial charge >= 0.3 is 6.18 Å². The van der Waals surface area contributed by atoms with Crippen molar-refractivity contribution in [3.05, 3.63) is 64.9 Å². The summed E-state index contributed by atoms with van der Waals surface area (Å²) in [5, 5.41) is 3.95. The Labute approximate surface area is 193 Å². The number of benzene rings is 1. The lowest BCUT2D eigenvalue weighted by molar-refractivity contribution is -0.195. The van der Waals surface area contributed by atoms with Crippen molar-refractivity contribution in [3.63, 3.8) is 0 Å². The summed E-state index contributed by atoms with van der Waals surface area (Å²) in [6.45, 7) is 4.35. The number of halogens is 4. The minimum Gasteiger partial charge on any atom is -0.380 e. The van der Waals surface area contributed by atoms with E-state index in [-0.39, 0.29) is 30.1 Å². The van der Waals surface area contributed by atoms with Gasteiger partial charge in [0.1, 0.15) is 0 Å². The lowest BCUT2D eigenvalue weighted by Gasteiger charge is -2.35. The van der Waals surface area contributed by atoms with E-state index in [1.165, 1.54) is 29.8 Å². The third-order valence-electron chi connectivity index (χ3n) is 6.90. The van der Waals surface area contributed by atoms with Gasteiger partial charge in [-0.1, -0.05) is 38.1 Å². The fraction of sp³-hybridized carbons (Fsp3) is 0.458. The molecule has 1 aromatic carbocycles. The predicted molar refractivity (Wildman–Crippen MR) is 115 cm³/mol. The molecule has 6 nitrogen and oxygen atoms in total. The number of alkyl halides is 3. The molecule has 0 spiro atoms. The molecule has 0 bridgehead atoms. The highest BCUT2D eigenvalue weighted by molar-refractivity contribution is 5.80. The second-order valence-corrected chi connectivity index (χ2v) is 9.73. The molecule has 2 aromatic heterocycles. The van der Waals surface area contributed by atoms with E-state index in [2.05, 4.69) is 10.1 Å². The summed E-state index contributed by atoms with van der Waals surface area (Å²) in [5.74, 6) is -1.86. The second-order valence-electron chi connectivity index (χ2n) is 9.73. The molecule has 180 valence electrons. The smallest absolute Gasteiger partial charge is 0.380 e. The number of ether oxygens (including phenoxy) is 1. The molecule has 1 saturated heterocycles. The van der Waals surface area contributed by atoms with Crippen molar-refractivity contribution in [1.29, 1.82) is 0 Å². The molecule has 0 N–H and O–H groups in total. The van der Waals surface area contributed by atoms with E-state index < -0.39 is 30.0 Å². The van der Waals surface area contributed by atoms with Crippen molar-refractivity contribution in [2.45, 2.75) is 43.8 Å². The molecule has 34 heavy (non-hydrogen) atoms. The quantitative estimate of drug-likeness (QED) is 0.524. The van der Waals surface area contributed by atoms with Crippen LogP contribution in [0.15, 0.2) is 36.5 Å². The largest absolute Gasteiger partial charge is 0.413 e. The number of carbonyl (C=O) groups is 1. The topological polar surface area (TPSA) is 59.7 Å². The van der Waals surface area contributed by atoms with Crippen molar-refractivity contribution in [2.75, 3.05) is 20.3 Å². The van der Waals surface area contributed by atoms with Crippen molar-refractivity contribution in [1.82, 2.24) is 19.5 Å². The first-order valence-corrected chi connectivity index (χ1v) is 11.0. The van der Waals surface area contributed by atoms with Crippen LogP contribution in [-0.2, 0) is 14.9 Å². The van der Waals surface area contributed by atoms with E-state index in [9.17, 15) is 22.4 Å². The summed E-state index contributed by atoms with van der Waals surface area (Å²) in [6, 6.07) is 5.42. The predicted octanol–water partition coefficient (Wildman–Crippen LogP) is 4.39. The molecule has 0 radical (unpaired) electrons. The van der Waals surface area contributed by atoms with Crippen molar-refractivity contribution in [2.24, 2.45) is 5.92 Å². The Morgan fingerprint density at radius 1 is 1.24 bits per heavy atom. The van der Waals surface area contributed by atoms with E-state index in [0.717, 1.165) is 21.7 Å². The maximum atomic E-state index is 14.0. The molecule has 5 rings (SSSR count). The fourth-order valence-electron chi connectivity index (χ4n) is 5.20. The average molecular weight is 476 g/mol. The van der Waals surface area contributed by atoms with Gasteiger partial charge in [-0.05, 0) is 17.5 Å². The van der Waals surface area contributed by atoms with E-state index in [1.807, 2.05) is 13.8 Å². The van der Waals surface area contributed by atoms with Crippen LogP contribution in [-0.4, -0.2) is 51.8 Å². The van der Waals surface area contributed by atoms with Crippen molar-refractivity contribution < 1.29 is 27.1 Å². The van der Waals surface area contributed by atoms with Gasteiger partial charge in [-0.25, -0.2) is 9.50 Å². The van der Waals surface area contributed by atoms with E-state index >= 15 is 0 Å². The van der Waals surface area contributed by atoms with E-state index in [0.29, 0.717) is 12.1 Å². The Morgan fingerprint density at radius 2 is 1.91 bits per heavy atom. The van der Waals surface area contributed by atoms with Gasteiger partial charge in [0.05, 0.1) is 24.8 Å². The third-order valence-corrected chi connectivity index (χ3v) is 6.90. The molecule has 3 aromatic rings. The Bertz CT molecular complexity index is 1250. The van der Waals surface area contributed by atoms with Crippen LogP contribution in [0.2, 0.25) is 0 Å². The molecular formula is C24H24F4N4O2. The summed E-state index contributed by atoms with van der Waals surface area (Å²) in [7, 11) is 1.18. The first-order valence-electron chi connectivity index (χ1n) is 11.0. The average Bonchev–Trinajstić information content (AvgIpc) is 3.22. The number of rotatable bonds is 4. The molecule has 0 saturated carbocycles. The normalized spacial score (nSPS) is 20.7. The summed E-state index contributed by atoms with van der Waals surface area (Å²) >= 11 is 0. The summed E-state index contributed by atoms with van der Waals surface area (Å²) < 4.78 is 62.2. The zero-order valence-electron chi connectivity index (χ0n) is 18.9. The minimum atomic E-state index is -4.63. The second kappa shape index (κ2) is 7.76. The first kappa shape index (κ1) is 22.8. The molecule has 0 unspecified atom stereocenters. The van der Waals surface area contributed by atoms with Crippen LogP contribution in [0.5, 0.6) is 0 Å². The number of hydrogen-bond acceptors (Lipinski definition) is 4. The highest BCUT2D eigenvalue weighted by atomic mass is 19.4. The van der Waals surface area contributed by atoms with Crippen LogP contribution in [0.4, 0.5) is 17.6 Å². The molecule has 1 fully saturated rings. The van der Waals surface area contributed by atoms with Gasteiger partial charge in [-0.2, -0.15) is 17.6 Å². The highest BCUT2D eigenvalue weighted by Crippen LogP contribution is 2.48. The van der Waals surface area contributed by atoms with Gasteiger partial charge in [-0.15, -0.1) is 5.10 Å². The van der Waals surface area contributed by atoms with Crippen LogP contribution in [0.3, 0.4) is 0 Å². The van der Waals surface area contributed by atoms with Crippen molar-refractivity contribution >= 4 is 11.6 Å². The Balaban J connectivity index is 1.48. The highest BCUT2D eigenvalue weighted by Gasteiger charge is 2.47. The van der Waals surface area contributed by atoms with E-state index in [1.54, 1.807) is 18.3 Å². The molecule has 10 heteroatoms. The van der Waals surface area contributed by atoms with Gasteiger partial charge in [0, 0.05) is 36.2 Å². The first-order chi connectivity index (χ1) is 16.0. The standard InChI is InChI=1S/C24H24F4N4O2/c1-23(2)9-16(17-10-29-19-8-18(25)30-32(19)21(17)23)13-4-6-14(7-5-13)20(24(26,27)28)31(3)22(33)15-11-34-12-15/h4-8,10,15-16,20H,9,11-12H2,1-3H3/t16-,20-/m1/s1. The zero-order valence-corrected chi connectivity index (χ0v) is 18.9. The molecule has 3 heterocycles. The van der Waals surface area contributed by atoms with Crippen LogP contribution in [0.25, 0.3) is 5.65 Å². The monoisotopic (exact) mass is 476 g/mol.